The van der Waals surface area contributed by atoms with Crippen molar-refractivity contribution in [2.24, 2.45) is 0 Å². The maximum atomic E-state index is 13.4. The third-order valence-electron chi connectivity index (χ3n) is 2.48. The predicted molar refractivity (Wildman–Crippen MR) is 61.3 cm³/mol. The van der Waals surface area contributed by atoms with Crippen molar-refractivity contribution in [1.82, 2.24) is 4.90 Å². The molecule has 86 valence electrons. The summed E-state index contributed by atoms with van der Waals surface area (Å²) in [6.45, 7) is 1.31. The maximum absolute atomic E-state index is 13.4. The first-order valence-electron chi connectivity index (χ1n) is 5.04. The number of thioether (sulfide) groups is 1. The minimum atomic E-state index is -0.664. The van der Waals surface area contributed by atoms with Gasteiger partial charge in [0.2, 0.25) is 0 Å². The Balaban J connectivity index is 2.19. The molecule has 0 spiro atoms. The molecular weight excluding hydrogens is 229 g/mol. The molecule has 0 bridgehead atoms. The summed E-state index contributed by atoms with van der Waals surface area (Å²) in [6, 6.07) is 3.62. The minimum Gasteiger partial charge on any atom is -0.508 e. The molecule has 3 nitrogen and oxygen atoms in total. The second-order valence-electron chi connectivity index (χ2n) is 3.57. The van der Waals surface area contributed by atoms with Crippen molar-refractivity contribution < 1.29 is 14.3 Å². The highest BCUT2D eigenvalue weighted by atomic mass is 32.2. The largest absolute Gasteiger partial charge is 0.508 e. The van der Waals surface area contributed by atoms with Crippen molar-refractivity contribution in [1.29, 1.82) is 0 Å². The van der Waals surface area contributed by atoms with Gasteiger partial charge in [-0.05, 0) is 12.1 Å². The first-order chi connectivity index (χ1) is 7.68. The molecule has 16 heavy (non-hydrogen) atoms. The molecule has 1 fully saturated rings. The van der Waals surface area contributed by atoms with E-state index in [0.29, 0.717) is 13.1 Å². The molecule has 1 saturated heterocycles. The average molecular weight is 241 g/mol. The lowest BCUT2D eigenvalue weighted by Gasteiger charge is -2.26. The van der Waals surface area contributed by atoms with Gasteiger partial charge >= 0.3 is 0 Å². The smallest absolute Gasteiger partial charge is 0.256 e. The second kappa shape index (κ2) is 4.74. The van der Waals surface area contributed by atoms with Crippen LogP contribution in [-0.4, -0.2) is 40.5 Å². The van der Waals surface area contributed by atoms with Gasteiger partial charge in [0.15, 0.2) is 0 Å². The Hall–Kier alpha value is -1.23. The molecule has 0 radical (unpaired) electrons. The van der Waals surface area contributed by atoms with E-state index in [4.69, 9.17) is 5.11 Å². The molecule has 1 aliphatic heterocycles. The van der Waals surface area contributed by atoms with E-state index < -0.39 is 5.82 Å². The Morgan fingerprint density at radius 1 is 1.38 bits per heavy atom. The third kappa shape index (κ3) is 2.29. The average Bonchev–Trinajstić information content (AvgIpc) is 2.29. The van der Waals surface area contributed by atoms with Crippen molar-refractivity contribution >= 4 is 17.7 Å². The number of amides is 1. The number of hydrogen-bond donors (Lipinski definition) is 1. The predicted octanol–water partition coefficient (Wildman–Crippen LogP) is 1.72. The van der Waals surface area contributed by atoms with Gasteiger partial charge in [-0.1, -0.05) is 0 Å². The Bertz CT molecular complexity index is 405. The molecule has 0 aromatic heterocycles. The molecule has 0 unspecified atom stereocenters. The van der Waals surface area contributed by atoms with Gasteiger partial charge in [0, 0.05) is 30.7 Å². The van der Waals surface area contributed by atoms with Crippen LogP contribution < -0.4 is 0 Å². The molecule has 1 aromatic carbocycles. The molecule has 1 amide bonds. The molecular formula is C11H12FNO2S. The summed E-state index contributed by atoms with van der Waals surface area (Å²) in [5.41, 5.74) is 0.0321. The van der Waals surface area contributed by atoms with Gasteiger partial charge < -0.3 is 10.0 Å². The highest BCUT2D eigenvalue weighted by Gasteiger charge is 2.21. The summed E-state index contributed by atoms with van der Waals surface area (Å²) in [7, 11) is 0. The van der Waals surface area contributed by atoms with Crippen LogP contribution in [0.25, 0.3) is 0 Å². The normalized spacial score (nSPS) is 16.2. The molecule has 1 aromatic rings. The standard InChI is InChI=1S/C11H12FNO2S/c12-10-7-8(14)1-2-9(10)11(15)13-3-5-16-6-4-13/h1-2,7,14H,3-6H2. The fraction of sp³-hybridized carbons (Fsp3) is 0.364. The van der Waals surface area contributed by atoms with E-state index in [9.17, 15) is 9.18 Å². The number of hydrogen-bond acceptors (Lipinski definition) is 3. The zero-order chi connectivity index (χ0) is 11.5. The van der Waals surface area contributed by atoms with Gasteiger partial charge in [0.05, 0.1) is 5.56 Å². The van der Waals surface area contributed by atoms with Crippen LogP contribution in [0.2, 0.25) is 0 Å². The fourth-order valence-corrected chi connectivity index (χ4v) is 2.52. The Morgan fingerprint density at radius 3 is 2.69 bits per heavy atom. The molecule has 1 heterocycles. The van der Waals surface area contributed by atoms with Crippen LogP contribution >= 0.6 is 11.8 Å². The van der Waals surface area contributed by atoms with Crippen LogP contribution in [0.3, 0.4) is 0 Å². The van der Waals surface area contributed by atoms with Gasteiger partial charge in [-0.3, -0.25) is 4.79 Å². The van der Waals surface area contributed by atoms with Crippen LogP contribution in [0.1, 0.15) is 10.4 Å². The van der Waals surface area contributed by atoms with Crippen LogP contribution in [0.5, 0.6) is 5.75 Å². The van der Waals surface area contributed by atoms with Gasteiger partial charge in [0.25, 0.3) is 5.91 Å². The summed E-state index contributed by atoms with van der Waals surface area (Å²) in [6.07, 6.45) is 0. The number of nitrogens with zero attached hydrogens (tertiary/aromatic N) is 1. The van der Waals surface area contributed by atoms with Crippen LogP contribution in [0, 0.1) is 5.82 Å². The lowest BCUT2D eigenvalue weighted by atomic mass is 10.1. The van der Waals surface area contributed by atoms with Gasteiger partial charge in [-0.2, -0.15) is 11.8 Å². The number of carbonyl (C=O) groups excluding carboxylic acids is 1. The summed E-state index contributed by atoms with van der Waals surface area (Å²) in [4.78, 5) is 13.6. The highest BCUT2D eigenvalue weighted by molar-refractivity contribution is 7.99. The Kier molecular flexibility index (Phi) is 3.33. The van der Waals surface area contributed by atoms with E-state index >= 15 is 0 Å². The third-order valence-corrected chi connectivity index (χ3v) is 3.42. The number of halogens is 1. The zero-order valence-electron chi connectivity index (χ0n) is 8.65. The lowest BCUT2D eigenvalue weighted by molar-refractivity contribution is 0.0767. The SMILES string of the molecule is O=C(c1ccc(O)cc1F)N1CCSCC1. The van der Waals surface area contributed by atoms with E-state index in [1.54, 1.807) is 16.7 Å². The number of phenolic OH excluding ortho intramolecular Hbond substituents is 1. The summed E-state index contributed by atoms with van der Waals surface area (Å²) < 4.78 is 13.4. The fourth-order valence-electron chi connectivity index (χ4n) is 1.61. The summed E-state index contributed by atoms with van der Waals surface area (Å²) >= 11 is 1.79. The molecule has 0 atom stereocenters. The lowest BCUT2D eigenvalue weighted by Crippen LogP contribution is -2.38. The molecule has 1 aliphatic rings. The molecule has 2 rings (SSSR count). The van der Waals surface area contributed by atoms with Crippen molar-refractivity contribution in [2.75, 3.05) is 24.6 Å². The highest BCUT2D eigenvalue weighted by Crippen LogP contribution is 2.18. The Labute approximate surface area is 97.3 Å². The minimum absolute atomic E-state index is 0.0321. The number of phenols is 1. The van der Waals surface area contributed by atoms with Gasteiger partial charge in [-0.25, -0.2) is 4.39 Å². The molecule has 0 saturated carbocycles. The number of rotatable bonds is 1. The topological polar surface area (TPSA) is 40.5 Å². The van der Waals surface area contributed by atoms with E-state index in [-0.39, 0.29) is 17.2 Å². The van der Waals surface area contributed by atoms with Crippen LogP contribution in [-0.2, 0) is 0 Å². The molecule has 0 aliphatic carbocycles. The van der Waals surface area contributed by atoms with Crippen molar-refractivity contribution in [3.63, 3.8) is 0 Å². The number of benzene rings is 1. The quantitative estimate of drug-likeness (QED) is 0.814. The van der Waals surface area contributed by atoms with E-state index in [1.165, 1.54) is 12.1 Å². The van der Waals surface area contributed by atoms with E-state index in [1.807, 2.05) is 0 Å². The van der Waals surface area contributed by atoms with Crippen molar-refractivity contribution in [3.8, 4) is 5.75 Å². The second-order valence-corrected chi connectivity index (χ2v) is 4.79. The summed E-state index contributed by atoms with van der Waals surface area (Å²) in [5.74, 6) is 0.668. The van der Waals surface area contributed by atoms with Crippen molar-refractivity contribution in [3.05, 3.63) is 29.6 Å². The van der Waals surface area contributed by atoms with Gasteiger partial charge in [-0.15, -0.1) is 0 Å². The van der Waals surface area contributed by atoms with Gasteiger partial charge in [0.1, 0.15) is 11.6 Å². The van der Waals surface area contributed by atoms with Crippen molar-refractivity contribution in [2.45, 2.75) is 0 Å². The number of aromatic hydroxyl groups is 1. The number of carbonyl (C=O) groups is 1. The Morgan fingerprint density at radius 2 is 2.06 bits per heavy atom. The first kappa shape index (κ1) is 11.3. The first-order valence-corrected chi connectivity index (χ1v) is 6.19. The molecule has 1 N–H and O–H groups in total. The summed E-state index contributed by atoms with van der Waals surface area (Å²) in [5, 5.41) is 9.06. The molecule has 5 heteroatoms. The van der Waals surface area contributed by atoms with Crippen LogP contribution in [0.4, 0.5) is 4.39 Å². The van der Waals surface area contributed by atoms with E-state index in [2.05, 4.69) is 0 Å². The van der Waals surface area contributed by atoms with E-state index in [0.717, 1.165) is 17.6 Å². The monoisotopic (exact) mass is 241 g/mol. The zero-order valence-corrected chi connectivity index (χ0v) is 9.47. The maximum Gasteiger partial charge on any atom is 0.256 e. The van der Waals surface area contributed by atoms with Crippen LogP contribution in [0.15, 0.2) is 18.2 Å².